The molecule has 5 rings (SSSR count). The summed E-state index contributed by atoms with van der Waals surface area (Å²) in [6.07, 6.45) is 5.36. The number of hydrogen-bond donors (Lipinski definition) is 1. The van der Waals surface area contributed by atoms with Gasteiger partial charge in [0.2, 0.25) is 0 Å². The predicted octanol–water partition coefficient (Wildman–Crippen LogP) is 3.76. The first-order chi connectivity index (χ1) is 13.3. The molecule has 0 radical (unpaired) electrons. The van der Waals surface area contributed by atoms with Crippen molar-refractivity contribution in [2.75, 3.05) is 13.2 Å². The summed E-state index contributed by atoms with van der Waals surface area (Å²) in [5.74, 6) is 0.789. The van der Waals surface area contributed by atoms with Crippen molar-refractivity contribution in [1.29, 1.82) is 0 Å². The van der Waals surface area contributed by atoms with Crippen LogP contribution in [0.3, 0.4) is 0 Å². The zero-order valence-electron chi connectivity index (χ0n) is 14.5. The highest BCUT2D eigenvalue weighted by molar-refractivity contribution is 7.85. The van der Waals surface area contributed by atoms with Gasteiger partial charge in [0.1, 0.15) is 5.65 Å². The molecule has 0 aromatic carbocycles. The Morgan fingerprint density at radius 3 is 2.96 bits per heavy atom. The van der Waals surface area contributed by atoms with Crippen molar-refractivity contribution >= 4 is 33.2 Å². The molecule has 27 heavy (non-hydrogen) atoms. The maximum atomic E-state index is 12.8. The molecular weight excluding hydrogens is 380 g/mol. The van der Waals surface area contributed by atoms with E-state index in [1.165, 1.54) is 0 Å². The standard InChI is InChI=1S/C19H18N4O2S2/c24-27(15-2-6-25-7-3-15)16-9-13-1-5-23(19(13)20-11-16)18-10-17(21-22-18)14-4-8-26-12-14/h1,4-5,8-12,15H,2-3,6-7H2,(H,21,22). The topological polar surface area (TPSA) is 72.8 Å². The molecule has 1 unspecified atom stereocenters. The molecule has 1 aliphatic heterocycles. The van der Waals surface area contributed by atoms with E-state index < -0.39 is 10.8 Å². The largest absolute Gasteiger partial charge is 0.381 e. The van der Waals surface area contributed by atoms with Gasteiger partial charge in [0.15, 0.2) is 5.82 Å². The highest BCUT2D eigenvalue weighted by atomic mass is 32.2. The molecule has 5 heterocycles. The lowest BCUT2D eigenvalue weighted by Gasteiger charge is -2.21. The molecular formula is C19H18N4O2S2. The van der Waals surface area contributed by atoms with Crippen LogP contribution in [0.5, 0.6) is 0 Å². The zero-order chi connectivity index (χ0) is 18.2. The number of rotatable bonds is 4. The minimum atomic E-state index is -1.05. The van der Waals surface area contributed by atoms with Crippen LogP contribution in [0.1, 0.15) is 12.8 Å². The molecule has 1 saturated heterocycles. The second kappa shape index (κ2) is 7.03. The van der Waals surface area contributed by atoms with Gasteiger partial charge in [-0.1, -0.05) is 0 Å². The molecule has 0 aliphatic carbocycles. The van der Waals surface area contributed by atoms with Gasteiger partial charge < -0.3 is 4.74 Å². The summed E-state index contributed by atoms with van der Waals surface area (Å²) in [6, 6.07) is 8.05. The van der Waals surface area contributed by atoms with Gasteiger partial charge in [0, 0.05) is 53.3 Å². The summed E-state index contributed by atoms with van der Waals surface area (Å²) in [5, 5.41) is 12.8. The van der Waals surface area contributed by atoms with Crippen LogP contribution in [-0.4, -0.2) is 42.4 Å². The quantitative estimate of drug-likeness (QED) is 0.568. The van der Waals surface area contributed by atoms with E-state index >= 15 is 0 Å². The molecule has 1 fully saturated rings. The third kappa shape index (κ3) is 3.13. The van der Waals surface area contributed by atoms with Crippen LogP contribution < -0.4 is 0 Å². The lowest BCUT2D eigenvalue weighted by molar-refractivity contribution is 0.0992. The summed E-state index contributed by atoms with van der Waals surface area (Å²) < 4.78 is 20.2. The van der Waals surface area contributed by atoms with E-state index in [-0.39, 0.29) is 5.25 Å². The van der Waals surface area contributed by atoms with Crippen molar-refractivity contribution < 1.29 is 8.95 Å². The molecule has 0 amide bonds. The Balaban J connectivity index is 1.46. The van der Waals surface area contributed by atoms with Crippen LogP contribution in [0.25, 0.3) is 28.1 Å². The van der Waals surface area contributed by atoms with E-state index in [0.29, 0.717) is 13.2 Å². The number of thiophene rings is 1. The molecule has 1 N–H and O–H groups in total. The Morgan fingerprint density at radius 1 is 1.26 bits per heavy atom. The third-order valence-electron chi connectivity index (χ3n) is 4.85. The van der Waals surface area contributed by atoms with Gasteiger partial charge in [0.25, 0.3) is 0 Å². The number of hydrogen-bond acceptors (Lipinski definition) is 5. The summed E-state index contributed by atoms with van der Waals surface area (Å²) in [6.45, 7) is 1.38. The zero-order valence-corrected chi connectivity index (χ0v) is 16.1. The van der Waals surface area contributed by atoms with E-state index in [4.69, 9.17) is 4.74 Å². The molecule has 0 spiro atoms. The Morgan fingerprint density at radius 2 is 2.15 bits per heavy atom. The molecule has 6 nitrogen and oxygen atoms in total. The fourth-order valence-electron chi connectivity index (χ4n) is 3.38. The highest BCUT2D eigenvalue weighted by Crippen LogP contribution is 2.26. The summed E-state index contributed by atoms with van der Waals surface area (Å²) >= 11 is 1.66. The molecule has 8 heteroatoms. The minimum Gasteiger partial charge on any atom is -0.381 e. The van der Waals surface area contributed by atoms with Crippen molar-refractivity contribution in [2.24, 2.45) is 0 Å². The van der Waals surface area contributed by atoms with Crippen LogP contribution in [-0.2, 0) is 15.5 Å². The first-order valence-electron chi connectivity index (χ1n) is 8.83. The van der Waals surface area contributed by atoms with E-state index in [9.17, 15) is 4.21 Å². The number of H-pyrrole nitrogens is 1. The van der Waals surface area contributed by atoms with Crippen LogP contribution >= 0.6 is 11.3 Å². The van der Waals surface area contributed by atoms with Crippen molar-refractivity contribution in [1.82, 2.24) is 19.7 Å². The van der Waals surface area contributed by atoms with Gasteiger partial charge in [-0.2, -0.15) is 16.4 Å². The van der Waals surface area contributed by atoms with Crippen molar-refractivity contribution in [3.05, 3.63) is 47.4 Å². The number of aromatic amines is 1. The second-order valence-electron chi connectivity index (χ2n) is 6.53. The van der Waals surface area contributed by atoms with Gasteiger partial charge in [-0.05, 0) is 36.4 Å². The number of pyridine rings is 1. The maximum absolute atomic E-state index is 12.8. The monoisotopic (exact) mass is 398 g/mol. The molecule has 4 aromatic heterocycles. The average molecular weight is 399 g/mol. The minimum absolute atomic E-state index is 0.152. The van der Waals surface area contributed by atoms with E-state index in [2.05, 4.69) is 26.6 Å². The smallest absolute Gasteiger partial charge is 0.160 e. The van der Waals surface area contributed by atoms with Gasteiger partial charge in [-0.25, -0.2) is 4.98 Å². The van der Waals surface area contributed by atoms with Gasteiger partial charge in [0.05, 0.1) is 21.4 Å². The van der Waals surface area contributed by atoms with Gasteiger partial charge in [-0.15, -0.1) is 0 Å². The average Bonchev–Trinajstić information content (AvgIpc) is 3.46. The van der Waals surface area contributed by atoms with Crippen molar-refractivity contribution in [3.8, 4) is 17.1 Å². The number of ether oxygens (including phenoxy) is 1. The van der Waals surface area contributed by atoms with Crippen LogP contribution in [0.15, 0.2) is 52.3 Å². The molecule has 1 aliphatic rings. The maximum Gasteiger partial charge on any atom is 0.160 e. The Kier molecular flexibility index (Phi) is 4.39. The number of nitrogens with one attached hydrogen (secondary N) is 1. The van der Waals surface area contributed by atoms with Crippen molar-refractivity contribution in [3.63, 3.8) is 0 Å². The summed E-state index contributed by atoms with van der Waals surface area (Å²) in [4.78, 5) is 5.38. The normalized spacial score (nSPS) is 16.7. The molecule has 138 valence electrons. The molecule has 1 atom stereocenters. The van der Waals surface area contributed by atoms with E-state index in [1.54, 1.807) is 17.5 Å². The number of nitrogens with zero attached hydrogens (tertiary/aromatic N) is 3. The summed E-state index contributed by atoms with van der Waals surface area (Å²) in [7, 11) is -1.05. The van der Waals surface area contributed by atoms with Gasteiger partial charge in [-0.3, -0.25) is 13.9 Å². The molecule has 0 saturated carbocycles. The predicted molar refractivity (Wildman–Crippen MR) is 107 cm³/mol. The van der Waals surface area contributed by atoms with Crippen LogP contribution in [0.4, 0.5) is 0 Å². The fourth-order valence-corrected chi connectivity index (χ4v) is 5.44. The second-order valence-corrected chi connectivity index (χ2v) is 9.04. The van der Waals surface area contributed by atoms with Crippen molar-refractivity contribution in [2.45, 2.75) is 23.0 Å². The highest BCUT2D eigenvalue weighted by Gasteiger charge is 2.22. The Bertz CT molecular complexity index is 1090. The number of fused-ring (bicyclic) bond motifs is 1. The first-order valence-corrected chi connectivity index (χ1v) is 11.0. The lowest BCUT2D eigenvalue weighted by atomic mass is 10.2. The lowest BCUT2D eigenvalue weighted by Crippen LogP contribution is -2.25. The fraction of sp³-hybridized carbons (Fsp3) is 0.263. The van der Waals surface area contributed by atoms with Crippen LogP contribution in [0, 0.1) is 0 Å². The SMILES string of the molecule is O=S(c1cnc2c(ccn2-c2cc(-c3ccsc3)[nH]n2)c1)C1CCOCC1. The van der Waals surface area contributed by atoms with E-state index in [0.717, 1.165) is 45.8 Å². The van der Waals surface area contributed by atoms with E-state index in [1.807, 2.05) is 34.3 Å². The first kappa shape index (κ1) is 16.9. The van der Waals surface area contributed by atoms with Crippen LogP contribution in [0.2, 0.25) is 0 Å². The molecule has 4 aromatic rings. The third-order valence-corrected chi connectivity index (χ3v) is 7.30. The Hall–Kier alpha value is -2.29. The number of aromatic nitrogens is 4. The summed E-state index contributed by atoms with van der Waals surface area (Å²) in [5.41, 5.74) is 2.91. The molecule has 0 bridgehead atoms. The Labute approximate surface area is 162 Å². The van der Waals surface area contributed by atoms with Gasteiger partial charge >= 0.3 is 0 Å².